The first-order valence-corrected chi connectivity index (χ1v) is 13.5. The molecule has 3 aliphatic rings. The molecule has 1 saturated heterocycles. The topological polar surface area (TPSA) is 195 Å². The molecule has 2 aromatic carbocycles. The molecule has 0 saturated carbocycles. The monoisotopic (exact) mass is 617 g/mol. The number of aliphatic hydroxyl groups is 3. The van der Waals surface area contributed by atoms with Gasteiger partial charge in [0.15, 0.2) is 5.78 Å². The van der Waals surface area contributed by atoms with Crippen LogP contribution >= 0.6 is 0 Å². The molecule has 15 heteroatoms. The fourth-order valence-corrected chi connectivity index (χ4v) is 5.79. The molecule has 0 amide bonds. The number of aliphatic carboxylic acids is 1. The summed E-state index contributed by atoms with van der Waals surface area (Å²) in [5.41, 5.74) is -0.100. The van der Waals surface area contributed by atoms with E-state index in [-0.39, 0.29) is 53.4 Å². The fourth-order valence-electron chi connectivity index (χ4n) is 5.79. The van der Waals surface area contributed by atoms with E-state index < -0.39 is 59.7 Å². The van der Waals surface area contributed by atoms with E-state index in [4.69, 9.17) is 14.2 Å². The van der Waals surface area contributed by atoms with Gasteiger partial charge >= 0.3 is 40.9 Å². The number of Topliss-reactive ketones (excluding diaryl/α,β-unsaturated/α-hetero) is 1. The van der Waals surface area contributed by atoms with Crippen molar-refractivity contribution in [3.8, 4) is 17.2 Å². The number of carbonyl (C=O) groups is 2. The molecule has 4 heterocycles. The first kappa shape index (κ1) is 31.9. The van der Waals surface area contributed by atoms with Crippen LogP contribution in [0.3, 0.4) is 0 Å². The van der Waals surface area contributed by atoms with Gasteiger partial charge in [0.1, 0.15) is 47.6 Å². The quantitative estimate of drug-likeness (QED) is 0.142. The van der Waals surface area contributed by atoms with E-state index in [0.29, 0.717) is 16.8 Å². The van der Waals surface area contributed by atoms with E-state index in [9.17, 15) is 39.6 Å². The molecule has 3 aliphatic heterocycles. The van der Waals surface area contributed by atoms with Gasteiger partial charge in [-0.3, -0.25) is 4.79 Å². The predicted molar refractivity (Wildman–Crippen MR) is 144 cm³/mol. The normalized spacial score (nSPS) is 26.5. The zero-order chi connectivity index (χ0) is 31.0. The summed E-state index contributed by atoms with van der Waals surface area (Å²) in [5.74, 6) is -1.60. The van der Waals surface area contributed by atoms with Crippen LogP contribution in [0.25, 0.3) is 5.69 Å². The number of carboxylic acid groups (broad SMARTS) is 1. The van der Waals surface area contributed by atoms with Gasteiger partial charge in [0.25, 0.3) is 0 Å². The van der Waals surface area contributed by atoms with Crippen molar-refractivity contribution in [3.05, 3.63) is 86.2 Å². The maximum atomic E-state index is 13.8. The fraction of sp³-hybridized carbons (Fsp3) is 0.379. The molecule has 1 aromatic heterocycles. The third-order valence-corrected chi connectivity index (χ3v) is 8.01. The standard InChI is InChI=1S/C29H29N3O11.Na/c1-13(33)14-4-6-15(7-5-14)31-27(39)30-11-10-18-20(32(30)28(31)40)17-9-8-16(12-19(17)43-29(18,2)3)41-26-23(36)21(34)22(35)24(42-26)25(37)38;/h4-10,12,20-24,26,34-36H,11H2,1-3H3,(H,37,38);/q;+1/p-1/t20?,21-,22-,23+,24-,26+;/m0./s1. The number of aromatic nitrogens is 3. The van der Waals surface area contributed by atoms with Crippen molar-refractivity contribution in [2.45, 2.75) is 69.7 Å². The van der Waals surface area contributed by atoms with Gasteiger partial charge in [-0.1, -0.05) is 6.08 Å². The molecule has 14 nitrogen and oxygen atoms in total. The molecule has 1 unspecified atom stereocenters. The van der Waals surface area contributed by atoms with E-state index >= 15 is 0 Å². The van der Waals surface area contributed by atoms with Crippen molar-refractivity contribution in [2.75, 3.05) is 0 Å². The van der Waals surface area contributed by atoms with Crippen molar-refractivity contribution in [1.82, 2.24) is 13.9 Å². The van der Waals surface area contributed by atoms with Gasteiger partial charge in [0.2, 0.25) is 6.29 Å². The van der Waals surface area contributed by atoms with Crippen molar-refractivity contribution < 1.29 is 73.8 Å². The third-order valence-electron chi connectivity index (χ3n) is 8.01. The van der Waals surface area contributed by atoms with Gasteiger partial charge in [0, 0.05) is 17.2 Å². The number of aliphatic hydroxyl groups excluding tert-OH is 3. The molecular weight excluding hydrogens is 589 g/mol. The number of hydrogen-bond acceptors (Lipinski definition) is 11. The molecule has 3 aromatic rings. The van der Waals surface area contributed by atoms with E-state index in [1.807, 2.05) is 6.08 Å². The van der Waals surface area contributed by atoms with Crippen LogP contribution in [0.4, 0.5) is 0 Å². The van der Waals surface area contributed by atoms with E-state index in [1.165, 1.54) is 40.6 Å². The Morgan fingerprint density at radius 2 is 1.68 bits per heavy atom. The number of fused-ring (bicyclic) bond motifs is 5. The first-order chi connectivity index (χ1) is 20.3. The Balaban J connectivity index is 0.00000384. The average Bonchev–Trinajstić information content (AvgIpc) is 3.22. The van der Waals surface area contributed by atoms with Crippen LogP contribution in [0.5, 0.6) is 11.5 Å². The van der Waals surface area contributed by atoms with Gasteiger partial charge in [-0.25, -0.2) is 23.5 Å². The minimum Gasteiger partial charge on any atom is -0.547 e. The molecule has 44 heavy (non-hydrogen) atoms. The minimum atomic E-state index is -1.95. The molecule has 3 N–H and O–H groups in total. The number of carbonyl (C=O) groups excluding carboxylic acids is 2. The van der Waals surface area contributed by atoms with Crippen LogP contribution in [0, 0.1) is 0 Å². The van der Waals surface area contributed by atoms with Crippen LogP contribution in [-0.2, 0) is 16.1 Å². The van der Waals surface area contributed by atoms with Gasteiger partial charge in [0.05, 0.1) is 18.2 Å². The molecule has 0 radical (unpaired) electrons. The Labute approximate surface area is 271 Å². The molecule has 0 aliphatic carbocycles. The molecule has 0 bridgehead atoms. The molecule has 0 spiro atoms. The zero-order valence-corrected chi connectivity index (χ0v) is 26.2. The summed E-state index contributed by atoms with van der Waals surface area (Å²) in [6, 6.07) is 9.95. The molecule has 6 atom stereocenters. The maximum absolute atomic E-state index is 13.8. The number of hydrogen-bond donors (Lipinski definition) is 3. The van der Waals surface area contributed by atoms with E-state index in [2.05, 4.69) is 0 Å². The predicted octanol–water partition coefficient (Wildman–Crippen LogP) is -4.36. The van der Waals surface area contributed by atoms with Crippen LogP contribution < -0.4 is 55.5 Å². The van der Waals surface area contributed by atoms with Gasteiger partial charge < -0.3 is 39.4 Å². The summed E-state index contributed by atoms with van der Waals surface area (Å²) in [7, 11) is 0. The minimum absolute atomic E-state index is 0. The average molecular weight is 618 g/mol. The smallest absolute Gasteiger partial charge is 0.547 e. The summed E-state index contributed by atoms with van der Waals surface area (Å²) in [4.78, 5) is 50.4. The summed E-state index contributed by atoms with van der Waals surface area (Å²) < 4.78 is 20.8. The Kier molecular flexibility index (Phi) is 8.31. The third kappa shape index (κ3) is 5.05. The Hall–Kier alpha value is -3.50. The molecule has 226 valence electrons. The number of ketones is 1. The summed E-state index contributed by atoms with van der Waals surface area (Å²) in [6.45, 7) is 5.14. The summed E-state index contributed by atoms with van der Waals surface area (Å²) >= 11 is 0. The van der Waals surface area contributed by atoms with Gasteiger partial charge in [-0.2, -0.15) is 0 Å². The molecule has 1 fully saturated rings. The first-order valence-electron chi connectivity index (χ1n) is 13.5. The largest absolute Gasteiger partial charge is 1.00 e. The second-order valence-electron chi connectivity index (χ2n) is 11.1. The van der Waals surface area contributed by atoms with Crippen molar-refractivity contribution >= 4 is 11.8 Å². The van der Waals surface area contributed by atoms with Gasteiger partial charge in [-0.15, -0.1) is 0 Å². The number of rotatable bonds is 5. The van der Waals surface area contributed by atoms with Crippen molar-refractivity contribution in [2.24, 2.45) is 0 Å². The van der Waals surface area contributed by atoms with Crippen LogP contribution in [-0.4, -0.2) is 77.3 Å². The second-order valence-corrected chi connectivity index (χ2v) is 11.1. The van der Waals surface area contributed by atoms with Crippen LogP contribution in [0.2, 0.25) is 0 Å². The van der Waals surface area contributed by atoms with E-state index in [1.54, 1.807) is 32.0 Å². The maximum Gasteiger partial charge on any atom is 1.00 e. The Bertz CT molecular complexity index is 1790. The zero-order valence-electron chi connectivity index (χ0n) is 24.2. The van der Waals surface area contributed by atoms with Crippen LogP contribution in [0.15, 0.2) is 63.7 Å². The van der Waals surface area contributed by atoms with Gasteiger partial charge in [-0.05, 0) is 62.7 Å². The van der Waals surface area contributed by atoms with Crippen molar-refractivity contribution in [3.63, 3.8) is 0 Å². The molecular formula is C29H28N3NaO11. The number of allylic oxidation sites excluding steroid dienone is 1. The number of benzene rings is 2. The summed E-state index contributed by atoms with van der Waals surface area (Å²) in [6.07, 6.45) is -7.38. The van der Waals surface area contributed by atoms with Crippen LogP contribution in [0.1, 0.15) is 42.7 Å². The second kappa shape index (κ2) is 11.5. The van der Waals surface area contributed by atoms with Crippen molar-refractivity contribution in [1.29, 1.82) is 0 Å². The molecule has 6 rings (SSSR count). The SMILES string of the molecule is CC(=O)c1ccc(-n2c(=O)n3n(c2=O)C2C(=CC3)C(C)(C)Oc3cc(O[C@@H]4O[C@H](C(=O)[O-])[C@@H](O)[C@H](O)[C@H]4O)ccc32)cc1.[Na+]. The number of ether oxygens (including phenoxy) is 3. The Morgan fingerprint density at radius 1 is 1.00 bits per heavy atom. The van der Waals surface area contributed by atoms with E-state index in [0.717, 1.165) is 10.1 Å². The summed E-state index contributed by atoms with van der Waals surface area (Å²) in [5, 5.41) is 41.7. The Morgan fingerprint density at radius 3 is 2.32 bits per heavy atom. The number of nitrogens with zero attached hydrogens (tertiary/aromatic N) is 3. The number of carboxylic acids is 1.